The highest BCUT2D eigenvalue weighted by atomic mass is 16.4. The Morgan fingerprint density at radius 2 is 2.32 bits per heavy atom. The van der Waals surface area contributed by atoms with Crippen LogP contribution in [-0.2, 0) is 4.79 Å². The zero-order valence-corrected chi connectivity index (χ0v) is 10.4. The summed E-state index contributed by atoms with van der Waals surface area (Å²) in [5.74, 6) is -0.530. The van der Waals surface area contributed by atoms with Crippen LogP contribution < -0.4 is 5.32 Å². The van der Waals surface area contributed by atoms with Crippen LogP contribution in [0.3, 0.4) is 0 Å². The number of urea groups is 1. The van der Waals surface area contributed by atoms with Crippen LogP contribution in [0.15, 0.2) is 22.8 Å². The van der Waals surface area contributed by atoms with Crippen molar-refractivity contribution in [3.63, 3.8) is 0 Å². The number of furan rings is 1. The molecule has 3 N–H and O–H groups in total. The molecule has 1 aliphatic rings. The summed E-state index contributed by atoms with van der Waals surface area (Å²) in [7, 11) is 0. The molecule has 0 spiro atoms. The van der Waals surface area contributed by atoms with Gasteiger partial charge in [0.05, 0.1) is 18.4 Å². The first-order valence-electron chi connectivity index (χ1n) is 6.00. The Morgan fingerprint density at radius 1 is 1.58 bits per heavy atom. The lowest BCUT2D eigenvalue weighted by atomic mass is 10.2. The minimum atomic E-state index is -1.11. The third-order valence-corrected chi connectivity index (χ3v) is 3.13. The first kappa shape index (κ1) is 13.4. The van der Waals surface area contributed by atoms with Crippen LogP contribution in [0.5, 0.6) is 0 Å². The number of aliphatic hydroxyl groups is 1. The number of hydrogen-bond acceptors (Lipinski definition) is 4. The average Bonchev–Trinajstić information content (AvgIpc) is 2.96. The van der Waals surface area contributed by atoms with Gasteiger partial charge >= 0.3 is 12.0 Å². The van der Waals surface area contributed by atoms with Gasteiger partial charge in [0.15, 0.2) is 0 Å². The van der Waals surface area contributed by atoms with E-state index in [9.17, 15) is 14.7 Å². The quantitative estimate of drug-likeness (QED) is 0.743. The highest BCUT2D eigenvalue weighted by Crippen LogP contribution is 2.20. The summed E-state index contributed by atoms with van der Waals surface area (Å²) in [6, 6.07) is 1.55. The first-order chi connectivity index (χ1) is 8.99. The molecule has 7 heteroatoms. The Hall–Kier alpha value is -2.02. The van der Waals surface area contributed by atoms with E-state index < -0.39 is 24.1 Å². The molecule has 104 valence electrons. The number of aliphatic hydroxyl groups excluding tert-OH is 1. The van der Waals surface area contributed by atoms with Crippen LogP contribution in [0.2, 0.25) is 0 Å². The summed E-state index contributed by atoms with van der Waals surface area (Å²) in [6.07, 6.45) is 0.751. The largest absolute Gasteiger partial charge is 0.480 e. The Bertz CT molecular complexity index is 459. The van der Waals surface area contributed by atoms with Crippen molar-refractivity contribution in [3.8, 4) is 0 Å². The molecule has 1 fully saturated rings. The van der Waals surface area contributed by atoms with Gasteiger partial charge in [0.1, 0.15) is 11.8 Å². The second-order valence-corrected chi connectivity index (χ2v) is 4.58. The van der Waals surface area contributed by atoms with E-state index in [-0.39, 0.29) is 19.0 Å². The average molecular weight is 268 g/mol. The number of carbonyl (C=O) groups is 2. The number of likely N-dealkylation sites (tertiary alicyclic amines) is 1. The number of hydrogen-bond donors (Lipinski definition) is 3. The maximum atomic E-state index is 12.0. The van der Waals surface area contributed by atoms with Gasteiger partial charge in [0, 0.05) is 13.0 Å². The van der Waals surface area contributed by atoms with Crippen LogP contribution in [0.25, 0.3) is 0 Å². The fourth-order valence-corrected chi connectivity index (χ4v) is 2.15. The highest BCUT2D eigenvalue weighted by molar-refractivity contribution is 5.83. The SMILES string of the molecule is CC(NC(=O)N1C[C@H](O)C[C@H]1C(=O)O)c1ccco1. The molecule has 0 aliphatic carbocycles. The van der Waals surface area contributed by atoms with Crippen molar-refractivity contribution >= 4 is 12.0 Å². The minimum absolute atomic E-state index is 0.0215. The maximum absolute atomic E-state index is 12.0. The second kappa shape index (κ2) is 5.31. The first-order valence-corrected chi connectivity index (χ1v) is 6.00. The van der Waals surface area contributed by atoms with Gasteiger partial charge in [-0.3, -0.25) is 0 Å². The van der Waals surface area contributed by atoms with Gasteiger partial charge in [-0.1, -0.05) is 0 Å². The molecule has 1 aliphatic heterocycles. The monoisotopic (exact) mass is 268 g/mol. The van der Waals surface area contributed by atoms with Crippen molar-refractivity contribution in [1.82, 2.24) is 10.2 Å². The van der Waals surface area contributed by atoms with Gasteiger partial charge in [-0.25, -0.2) is 9.59 Å². The normalized spacial score (nSPS) is 24.2. The summed E-state index contributed by atoms with van der Waals surface area (Å²) in [4.78, 5) is 24.2. The minimum Gasteiger partial charge on any atom is -0.480 e. The lowest BCUT2D eigenvalue weighted by molar-refractivity contribution is -0.141. The standard InChI is InChI=1S/C12H16N2O5/c1-7(10-3-2-4-19-10)13-12(18)14-6-8(15)5-9(14)11(16)17/h2-4,7-9,15H,5-6H2,1H3,(H,13,18)(H,16,17)/t7?,8-,9+/m1/s1. The molecular formula is C12H16N2O5. The Balaban J connectivity index is 2.01. The maximum Gasteiger partial charge on any atom is 0.326 e. The zero-order chi connectivity index (χ0) is 14.0. The number of nitrogens with zero attached hydrogens (tertiary/aromatic N) is 1. The number of carbonyl (C=O) groups excluding carboxylic acids is 1. The molecular weight excluding hydrogens is 252 g/mol. The molecule has 7 nitrogen and oxygen atoms in total. The molecule has 2 rings (SSSR count). The van der Waals surface area contributed by atoms with Crippen molar-refractivity contribution in [2.75, 3.05) is 6.54 Å². The van der Waals surface area contributed by atoms with E-state index in [4.69, 9.17) is 9.52 Å². The second-order valence-electron chi connectivity index (χ2n) is 4.58. The summed E-state index contributed by atoms with van der Waals surface area (Å²) >= 11 is 0. The van der Waals surface area contributed by atoms with Crippen LogP contribution in [0.1, 0.15) is 25.1 Å². The predicted octanol–water partition coefficient (Wildman–Crippen LogP) is 0.570. The van der Waals surface area contributed by atoms with Crippen LogP contribution >= 0.6 is 0 Å². The van der Waals surface area contributed by atoms with Gasteiger partial charge < -0.3 is 24.8 Å². The topological polar surface area (TPSA) is 103 Å². The van der Waals surface area contributed by atoms with Crippen molar-refractivity contribution in [1.29, 1.82) is 0 Å². The van der Waals surface area contributed by atoms with Gasteiger partial charge in [-0.15, -0.1) is 0 Å². The molecule has 0 bridgehead atoms. The Kier molecular flexibility index (Phi) is 3.75. The van der Waals surface area contributed by atoms with E-state index in [1.54, 1.807) is 19.1 Å². The van der Waals surface area contributed by atoms with Crippen LogP contribution in [-0.4, -0.2) is 45.8 Å². The van der Waals surface area contributed by atoms with Crippen LogP contribution in [0, 0.1) is 0 Å². The van der Waals surface area contributed by atoms with Crippen molar-refractivity contribution in [2.45, 2.75) is 31.5 Å². The van der Waals surface area contributed by atoms with Crippen LogP contribution in [0.4, 0.5) is 4.79 Å². The smallest absolute Gasteiger partial charge is 0.326 e. The lowest BCUT2D eigenvalue weighted by Crippen LogP contribution is -2.46. The molecule has 1 saturated heterocycles. The third kappa shape index (κ3) is 2.87. The number of nitrogens with one attached hydrogen (secondary N) is 1. The molecule has 1 unspecified atom stereocenters. The van der Waals surface area contributed by atoms with Gasteiger partial charge in [-0.2, -0.15) is 0 Å². The number of aliphatic carboxylic acids is 1. The highest BCUT2D eigenvalue weighted by Gasteiger charge is 2.39. The molecule has 19 heavy (non-hydrogen) atoms. The van der Waals surface area contributed by atoms with E-state index >= 15 is 0 Å². The third-order valence-electron chi connectivity index (χ3n) is 3.13. The molecule has 0 saturated carbocycles. The number of carboxylic acids is 1. The van der Waals surface area contributed by atoms with Gasteiger partial charge in [0.25, 0.3) is 0 Å². The summed E-state index contributed by atoms with van der Waals surface area (Å²) in [6.45, 7) is 1.76. The molecule has 1 aromatic heterocycles. The zero-order valence-electron chi connectivity index (χ0n) is 10.4. The number of amides is 2. The summed E-state index contributed by atoms with van der Waals surface area (Å²) in [5, 5.41) is 21.1. The van der Waals surface area contributed by atoms with Gasteiger partial charge in [-0.05, 0) is 19.1 Å². The summed E-state index contributed by atoms with van der Waals surface area (Å²) < 4.78 is 5.16. The number of rotatable bonds is 3. The number of β-amino-alcohol motifs (C(OH)–C–C–N with tert-alkyl or cyclic N) is 1. The van der Waals surface area contributed by atoms with E-state index in [0.717, 1.165) is 4.90 Å². The molecule has 0 radical (unpaired) electrons. The van der Waals surface area contributed by atoms with E-state index in [1.165, 1.54) is 6.26 Å². The van der Waals surface area contributed by atoms with E-state index in [2.05, 4.69) is 5.32 Å². The molecule has 0 aromatic carbocycles. The summed E-state index contributed by atoms with van der Waals surface area (Å²) in [5.41, 5.74) is 0. The van der Waals surface area contributed by atoms with Crippen molar-refractivity contribution in [2.24, 2.45) is 0 Å². The fourth-order valence-electron chi connectivity index (χ4n) is 2.15. The molecule has 1 aromatic rings. The molecule has 3 atom stereocenters. The fraction of sp³-hybridized carbons (Fsp3) is 0.500. The van der Waals surface area contributed by atoms with Gasteiger partial charge in [0.2, 0.25) is 0 Å². The molecule has 2 amide bonds. The Morgan fingerprint density at radius 3 is 2.89 bits per heavy atom. The number of carboxylic acid groups (broad SMARTS) is 1. The Labute approximate surface area is 109 Å². The predicted molar refractivity (Wildman–Crippen MR) is 64.4 cm³/mol. The van der Waals surface area contributed by atoms with Crippen molar-refractivity contribution < 1.29 is 24.2 Å². The lowest BCUT2D eigenvalue weighted by Gasteiger charge is -2.23. The van der Waals surface area contributed by atoms with E-state index in [1.807, 2.05) is 0 Å². The van der Waals surface area contributed by atoms with Crippen molar-refractivity contribution in [3.05, 3.63) is 24.2 Å². The van der Waals surface area contributed by atoms with E-state index in [0.29, 0.717) is 5.76 Å². The molecule has 2 heterocycles.